The Balaban J connectivity index is 1.64. The van der Waals surface area contributed by atoms with Gasteiger partial charge in [-0.2, -0.15) is 5.26 Å². The molecule has 4 heteroatoms. The number of piperidine rings is 1. The molecule has 0 aliphatic carbocycles. The van der Waals surface area contributed by atoms with Crippen molar-refractivity contribution in [2.24, 2.45) is 5.41 Å². The maximum Gasteiger partial charge on any atom is 0.0836 e. The largest absolute Gasteiger partial charge is 0.376 e. The highest BCUT2D eigenvalue weighted by Crippen LogP contribution is 2.35. The van der Waals surface area contributed by atoms with Crippen LogP contribution in [-0.4, -0.2) is 38.0 Å². The van der Waals surface area contributed by atoms with Crippen molar-refractivity contribution in [3.05, 3.63) is 0 Å². The fraction of sp³-hybridized carbons (Fsp3) is 0.933. The molecule has 2 rings (SSSR count). The monoisotopic (exact) mass is 266 g/mol. The van der Waals surface area contributed by atoms with Crippen molar-refractivity contribution in [2.75, 3.05) is 26.3 Å². The molecule has 0 aromatic rings. The second kappa shape index (κ2) is 6.21. The molecule has 0 aromatic carbocycles. The van der Waals surface area contributed by atoms with Crippen LogP contribution in [0.2, 0.25) is 0 Å². The highest BCUT2D eigenvalue weighted by molar-refractivity contribution is 4.94. The molecule has 19 heavy (non-hydrogen) atoms. The quantitative estimate of drug-likeness (QED) is 0.775. The van der Waals surface area contributed by atoms with Gasteiger partial charge in [-0.15, -0.1) is 0 Å². The molecule has 1 unspecified atom stereocenters. The Kier molecular flexibility index (Phi) is 4.83. The first kappa shape index (κ1) is 14.8. The highest BCUT2D eigenvalue weighted by atomic mass is 16.6. The van der Waals surface area contributed by atoms with Crippen LogP contribution in [0, 0.1) is 16.7 Å². The van der Waals surface area contributed by atoms with Gasteiger partial charge in [0.2, 0.25) is 0 Å². The molecular weight excluding hydrogens is 240 g/mol. The fourth-order valence-corrected chi connectivity index (χ4v) is 2.96. The molecule has 1 atom stereocenters. The van der Waals surface area contributed by atoms with Crippen LogP contribution in [0.25, 0.3) is 0 Å². The lowest BCUT2D eigenvalue weighted by Gasteiger charge is -2.32. The zero-order chi connectivity index (χ0) is 13.8. The molecule has 108 valence electrons. The van der Waals surface area contributed by atoms with E-state index in [4.69, 9.17) is 14.7 Å². The molecular formula is C15H26N2O2. The van der Waals surface area contributed by atoms with Crippen LogP contribution in [0.1, 0.15) is 46.0 Å². The van der Waals surface area contributed by atoms with E-state index >= 15 is 0 Å². The molecule has 1 N–H and O–H groups in total. The lowest BCUT2D eigenvalue weighted by Crippen LogP contribution is -2.41. The van der Waals surface area contributed by atoms with Gasteiger partial charge in [0.25, 0.3) is 0 Å². The summed E-state index contributed by atoms with van der Waals surface area (Å²) >= 11 is 0. The Morgan fingerprint density at radius 1 is 1.42 bits per heavy atom. The molecule has 0 aromatic heterocycles. The zero-order valence-electron chi connectivity index (χ0n) is 12.2. The fourth-order valence-electron chi connectivity index (χ4n) is 2.96. The van der Waals surface area contributed by atoms with E-state index in [-0.39, 0.29) is 17.1 Å². The normalized spacial score (nSPS) is 26.5. The van der Waals surface area contributed by atoms with Gasteiger partial charge in [-0.25, -0.2) is 0 Å². The standard InChI is InChI=1S/C15H26N2O2/c1-14(2,12-16)4-3-9-18-13-10-15(19-11-13)5-7-17-8-6-15/h13,17H,3-11H2,1-2H3. The Hall–Kier alpha value is -0.630. The maximum atomic E-state index is 8.95. The molecule has 4 nitrogen and oxygen atoms in total. The minimum absolute atomic E-state index is 0.0852. The van der Waals surface area contributed by atoms with Crippen molar-refractivity contribution in [2.45, 2.75) is 57.7 Å². The molecule has 1 spiro atoms. The second-order valence-electron chi connectivity index (χ2n) is 6.54. The Morgan fingerprint density at radius 3 is 2.84 bits per heavy atom. The number of ether oxygens (including phenoxy) is 2. The third-order valence-electron chi connectivity index (χ3n) is 4.29. The Morgan fingerprint density at radius 2 is 2.16 bits per heavy atom. The number of rotatable bonds is 5. The van der Waals surface area contributed by atoms with Crippen molar-refractivity contribution in [1.29, 1.82) is 5.26 Å². The van der Waals surface area contributed by atoms with Crippen LogP contribution >= 0.6 is 0 Å². The summed E-state index contributed by atoms with van der Waals surface area (Å²) in [7, 11) is 0. The summed E-state index contributed by atoms with van der Waals surface area (Å²) in [6.07, 6.45) is 5.35. The number of hydrogen-bond acceptors (Lipinski definition) is 4. The van der Waals surface area contributed by atoms with Crippen LogP contribution in [0.15, 0.2) is 0 Å². The minimum Gasteiger partial charge on any atom is -0.376 e. The van der Waals surface area contributed by atoms with Gasteiger partial charge in [0, 0.05) is 13.0 Å². The summed E-state index contributed by atoms with van der Waals surface area (Å²) in [6, 6.07) is 2.33. The average molecular weight is 266 g/mol. The average Bonchev–Trinajstić information content (AvgIpc) is 2.79. The van der Waals surface area contributed by atoms with Crippen molar-refractivity contribution in [3.8, 4) is 6.07 Å². The predicted molar refractivity (Wildman–Crippen MR) is 73.8 cm³/mol. The van der Waals surface area contributed by atoms with E-state index in [0.29, 0.717) is 0 Å². The summed E-state index contributed by atoms with van der Waals surface area (Å²) in [6.45, 7) is 7.56. The van der Waals surface area contributed by atoms with Gasteiger partial charge in [0.1, 0.15) is 0 Å². The molecule has 2 aliphatic heterocycles. The van der Waals surface area contributed by atoms with Gasteiger partial charge >= 0.3 is 0 Å². The summed E-state index contributed by atoms with van der Waals surface area (Å²) in [5, 5.41) is 12.3. The molecule has 2 fully saturated rings. The Bertz CT molecular complexity index is 330. The topological polar surface area (TPSA) is 54.3 Å². The van der Waals surface area contributed by atoms with Gasteiger partial charge in [-0.05, 0) is 52.6 Å². The summed E-state index contributed by atoms with van der Waals surface area (Å²) in [5.41, 5.74) is -0.145. The summed E-state index contributed by atoms with van der Waals surface area (Å²) < 4.78 is 11.9. The molecule has 2 aliphatic rings. The Labute approximate surface area is 116 Å². The van der Waals surface area contributed by atoms with Gasteiger partial charge < -0.3 is 14.8 Å². The first-order valence-electron chi connectivity index (χ1n) is 7.43. The van der Waals surface area contributed by atoms with Gasteiger partial charge in [0.05, 0.1) is 29.8 Å². The lowest BCUT2D eigenvalue weighted by molar-refractivity contribution is -0.0235. The number of nitriles is 1. The first-order chi connectivity index (χ1) is 9.05. The van der Waals surface area contributed by atoms with Crippen LogP contribution in [-0.2, 0) is 9.47 Å². The molecule has 2 saturated heterocycles. The summed E-state index contributed by atoms with van der Waals surface area (Å²) in [5.74, 6) is 0. The van der Waals surface area contributed by atoms with Crippen molar-refractivity contribution in [3.63, 3.8) is 0 Å². The van der Waals surface area contributed by atoms with E-state index in [0.717, 1.165) is 58.4 Å². The summed E-state index contributed by atoms with van der Waals surface area (Å²) in [4.78, 5) is 0. The van der Waals surface area contributed by atoms with E-state index in [1.54, 1.807) is 0 Å². The third kappa shape index (κ3) is 4.17. The van der Waals surface area contributed by atoms with E-state index in [9.17, 15) is 0 Å². The SMILES string of the molecule is CC(C)(C#N)CCCOC1COC2(CCNCC2)C1. The predicted octanol–water partition coefficient (Wildman–Crippen LogP) is 2.24. The van der Waals surface area contributed by atoms with Gasteiger partial charge in [-0.1, -0.05) is 0 Å². The highest BCUT2D eigenvalue weighted by Gasteiger charge is 2.41. The number of nitrogens with zero attached hydrogens (tertiary/aromatic N) is 1. The minimum atomic E-state index is -0.230. The van der Waals surface area contributed by atoms with Crippen molar-refractivity contribution in [1.82, 2.24) is 5.32 Å². The molecule has 0 saturated carbocycles. The van der Waals surface area contributed by atoms with Gasteiger partial charge in [0.15, 0.2) is 0 Å². The first-order valence-corrected chi connectivity index (χ1v) is 7.43. The van der Waals surface area contributed by atoms with Crippen LogP contribution in [0.4, 0.5) is 0 Å². The molecule has 0 radical (unpaired) electrons. The van der Waals surface area contributed by atoms with E-state index in [2.05, 4.69) is 11.4 Å². The van der Waals surface area contributed by atoms with Crippen molar-refractivity contribution < 1.29 is 9.47 Å². The van der Waals surface area contributed by atoms with Crippen LogP contribution in [0.3, 0.4) is 0 Å². The smallest absolute Gasteiger partial charge is 0.0836 e. The molecule has 2 heterocycles. The number of hydrogen-bond donors (Lipinski definition) is 1. The van der Waals surface area contributed by atoms with E-state index in [1.165, 1.54) is 0 Å². The van der Waals surface area contributed by atoms with Crippen LogP contribution < -0.4 is 5.32 Å². The van der Waals surface area contributed by atoms with E-state index in [1.807, 2.05) is 13.8 Å². The second-order valence-corrected chi connectivity index (χ2v) is 6.54. The molecule has 0 bridgehead atoms. The maximum absolute atomic E-state index is 8.95. The van der Waals surface area contributed by atoms with Crippen molar-refractivity contribution >= 4 is 0 Å². The lowest BCUT2D eigenvalue weighted by atomic mass is 9.89. The third-order valence-corrected chi connectivity index (χ3v) is 4.29. The van der Waals surface area contributed by atoms with Gasteiger partial charge in [-0.3, -0.25) is 0 Å². The van der Waals surface area contributed by atoms with Crippen LogP contribution in [0.5, 0.6) is 0 Å². The zero-order valence-corrected chi connectivity index (χ0v) is 12.2. The van der Waals surface area contributed by atoms with E-state index < -0.39 is 0 Å². The molecule has 0 amide bonds. The number of nitrogens with one attached hydrogen (secondary N) is 1.